The van der Waals surface area contributed by atoms with Crippen LogP contribution in [-0.4, -0.2) is 12.2 Å². The molecule has 2 aromatic carbocycles. The van der Waals surface area contributed by atoms with Crippen molar-refractivity contribution in [2.45, 2.75) is 33.3 Å². The van der Waals surface area contributed by atoms with Gasteiger partial charge in [-0.15, -0.1) is 0 Å². The van der Waals surface area contributed by atoms with Gasteiger partial charge in [0.05, 0.1) is 6.10 Å². The molecule has 2 nitrogen and oxygen atoms in total. The van der Waals surface area contributed by atoms with Gasteiger partial charge in [-0.1, -0.05) is 19.1 Å². The highest BCUT2D eigenvalue weighted by molar-refractivity contribution is 5.67. The number of halogens is 1. The Morgan fingerprint density at radius 1 is 1.19 bits per heavy atom. The smallest absolute Gasteiger partial charge is 0.126 e. The summed E-state index contributed by atoms with van der Waals surface area (Å²) in [6.07, 6.45) is 0.283. The van der Waals surface area contributed by atoms with E-state index in [4.69, 9.17) is 0 Å². The van der Waals surface area contributed by atoms with Gasteiger partial charge in [-0.05, 0) is 55.7 Å². The van der Waals surface area contributed by atoms with E-state index >= 15 is 0 Å². The topological polar surface area (TPSA) is 23.5 Å². The lowest BCUT2D eigenvalue weighted by atomic mass is 10.0. The molecule has 0 aromatic heterocycles. The third-order valence-electron chi connectivity index (χ3n) is 3.85. The van der Waals surface area contributed by atoms with Crippen LogP contribution in [0.2, 0.25) is 0 Å². The van der Waals surface area contributed by atoms with E-state index in [1.807, 2.05) is 24.1 Å². The summed E-state index contributed by atoms with van der Waals surface area (Å²) in [4.78, 5) is 1.98. The molecule has 0 aliphatic rings. The molecule has 3 heteroatoms. The van der Waals surface area contributed by atoms with Crippen molar-refractivity contribution in [1.29, 1.82) is 0 Å². The Morgan fingerprint density at radius 2 is 1.81 bits per heavy atom. The largest absolute Gasteiger partial charge is 0.389 e. The summed E-state index contributed by atoms with van der Waals surface area (Å²) in [5.41, 5.74) is 4.29. The first-order chi connectivity index (χ1) is 9.93. The molecule has 2 aromatic rings. The minimum atomic E-state index is -0.715. The fourth-order valence-electron chi connectivity index (χ4n) is 2.40. The molecule has 1 atom stereocenters. The molecule has 0 radical (unpaired) electrons. The van der Waals surface area contributed by atoms with Gasteiger partial charge in [-0.25, -0.2) is 4.39 Å². The highest BCUT2D eigenvalue weighted by Crippen LogP contribution is 2.33. The fraction of sp³-hybridized carbons (Fsp3) is 0.333. The molecular formula is C18H22FNO. The molecule has 0 amide bonds. The highest BCUT2D eigenvalue weighted by atomic mass is 19.1. The molecule has 0 fully saturated rings. The van der Waals surface area contributed by atoms with Gasteiger partial charge >= 0.3 is 0 Å². The minimum absolute atomic E-state index is 0.288. The van der Waals surface area contributed by atoms with Gasteiger partial charge in [0.25, 0.3) is 0 Å². The summed E-state index contributed by atoms with van der Waals surface area (Å²) in [5, 5.41) is 9.90. The van der Waals surface area contributed by atoms with Crippen molar-refractivity contribution in [2.75, 3.05) is 11.9 Å². The number of rotatable bonds is 4. The maximum Gasteiger partial charge on any atom is 0.126 e. The molecule has 2 rings (SSSR count). The summed E-state index contributed by atoms with van der Waals surface area (Å²) >= 11 is 0. The van der Waals surface area contributed by atoms with Crippen LogP contribution in [0.25, 0.3) is 0 Å². The lowest BCUT2D eigenvalue weighted by Gasteiger charge is -2.25. The number of aryl methyl sites for hydroxylation is 2. The Hall–Kier alpha value is -1.87. The predicted molar refractivity (Wildman–Crippen MR) is 85.7 cm³/mol. The molecule has 0 saturated carbocycles. The van der Waals surface area contributed by atoms with Gasteiger partial charge < -0.3 is 10.0 Å². The normalized spacial score (nSPS) is 12.3. The van der Waals surface area contributed by atoms with Gasteiger partial charge in [0.2, 0.25) is 0 Å². The van der Waals surface area contributed by atoms with Crippen LogP contribution in [0.1, 0.15) is 36.6 Å². The summed E-state index contributed by atoms with van der Waals surface area (Å²) in [5.74, 6) is -0.288. The van der Waals surface area contributed by atoms with Crippen molar-refractivity contribution < 1.29 is 9.50 Å². The van der Waals surface area contributed by atoms with Crippen LogP contribution < -0.4 is 4.90 Å². The van der Waals surface area contributed by atoms with Crippen LogP contribution >= 0.6 is 0 Å². The number of aliphatic hydroxyl groups excluding tert-OH is 1. The van der Waals surface area contributed by atoms with Crippen molar-refractivity contribution >= 4 is 11.4 Å². The molecule has 0 aliphatic carbocycles. The van der Waals surface area contributed by atoms with Gasteiger partial charge in [-0.3, -0.25) is 0 Å². The predicted octanol–water partition coefficient (Wildman–Crippen LogP) is 4.52. The number of aliphatic hydroxyl groups is 1. The first kappa shape index (κ1) is 15.5. The number of hydrogen-bond acceptors (Lipinski definition) is 2. The SMILES string of the molecule is CCc1ccc(N(C)c2cc(C)c(F)cc2[C@H](C)O)cc1. The van der Waals surface area contributed by atoms with Gasteiger partial charge in [0, 0.05) is 24.0 Å². The molecule has 0 bridgehead atoms. The van der Waals surface area contributed by atoms with E-state index in [1.54, 1.807) is 19.9 Å². The van der Waals surface area contributed by atoms with Crippen LogP contribution in [0.4, 0.5) is 15.8 Å². The molecule has 0 saturated heterocycles. The molecule has 1 N–H and O–H groups in total. The van der Waals surface area contributed by atoms with E-state index in [0.29, 0.717) is 11.1 Å². The Morgan fingerprint density at radius 3 is 2.33 bits per heavy atom. The second-order valence-corrected chi connectivity index (χ2v) is 5.42. The van der Waals surface area contributed by atoms with E-state index in [2.05, 4.69) is 19.1 Å². The number of nitrogens with zero attached hydrogens (tertiary/aromatic N) is 1. The highest BCUT2D eigenvalue weighted by Gasteiger charge is 2.16. The Balaban J connectivity index is 2.45. The van der Waals surface area contributed by atoms with Crippen molar-refractivity contribution in [2.24, 2.45) is 0 Å². The maximum atomic E-state index is 13.8. The molecule has 0 spiro atoms. The summed E-state index contributed by atoms with van der Waals surface area (Å²) in [6.45, 7) is 5.51. The Labute approximate surface area is 125 Å². The van der Waals surface area contributed by atoms with Gasteiger partial charge in [0.1, 0.15) is 5.82 Å². The number of benzene rings is 2. The number of anilines is 2. The average Bonchev–Trinajstić information content (AvgIpc) is 2.48. The first-order valence-corrected chi connectivity index (χ1v) is 7.24. The van der Waals surface area contributed by atoms with Crippen LogP contribution in [0, 0.1) is 12.7 Å². The molecule has 21 heavy (non-hydrogen) atoms. The average molecular weight is 287 g/mol. The van der Waals surface area contributed by atoms with Gasteiger partial charge in [0.15, 0.2) is 0 Å². The first-order valence-electron chi connectivity index (χ1n) is 7.24. The Kier molecular flexibility index (Phi) is 4.63. The summed E-state index contributed by atoms with van der Waals surface area (Å²) < 4.78 is 13.8. The van der Waals surface area contributed by atoms with E-state index in [9.17, 15) is 9.50 Å². The van der Waals surface area contributed by atoms with Crippen molar-refractivity contribution in [3.63, 3.8) is 0 Å². The minimum Gasteiger partial charge on any atom is -0.389 e. The van der Waals surface area contributed by atoms with Crippen LogP contribution in [0.5, 0.6) is 0 Å². The molecule has 112 valence electrons. The standard InChI is InChI=1S/C18H22FNO/c1-5-14-6-8-15(9-7-14)20(4)18-10-12(2)17(19)11-16(18)13(3)21/h6-11,13,21H,5H2,1-4H3/t13-/m0/s1. The second kappa shape index (κ2) is 6.27. The molecule has 0 aliphatic heterocycles. The van der Waals surface area contributed by atoms with Crippen molar-refractivity contribution in [3.8, 4) is 0 Å². The fourth-order valence-corrected chi connectivity index (χ4v) is 2.40. The second-order valence-electron chi connectivity index (χ2n) is 5.42. The van der Waals surface area contributed by atoms with Gasteiger partial charge in [-0.2, -0.15) is 0 Å². The Bertz CT molecular complexity index is 620. The zero-order chi connectivity index (χ0) is 15.6. The summed E-state index contributed by atoms with van der Waals surface area (Å²) in [7, 11) is 1.93. The van der Waals surface area contributed by atoms with Crippen LogP contribution in [-0.2, 0) is 6.42 Å². The quantitative estimate of drug-likeness (QED) is 0.894. The lowest BCUT2D eigenvalue weighted by Crippen LogP contribution is -2.13. The third kappa shape index (κ3) is 3.24. The van der Waals surface area contributed by atoms with Crippen molar-refractivity contribution in [3.05, 3.63) is 58.9 Å². The van der Waals surface area contributed by atoms with E-state index in [1.165, 1.54) is 11.6 Å². The van der Waals surface area contributed by atoms with Crippen LogP contribution in [0.15, 0.2) is 36.4 Å². The number of hydrogen-bond donors (Lipinski definition) is 1. The lowest BCUT2D eigenvalue weighted by molar-refractivity contribution is 0.199. The molecular weight excluding hydrogens is 265 g/mol. The zero-order valence-corrected chi connectivity index (χ0v) is 13.0. The third-order valence-corrected chi connectivity index (χ3v) is 3.85. The van der Waals surface area contributed by atoms with E-state index in [-0.39, 0.29) is 5.82 Å². The van der Waals surface area contributed by atoms with E-state index in [0.717, 1.165) is 17.8 Å². The zero-order valence-electron chi connectivity index (χ0n) is 13.0. The monoisotopic (exact) mass is 287 g/mol. The van der Waals surface area contributed by atoms with Crippen LogP contribution in [0.3, 0.4) is 0 Å². The van der Waals surface area contributed by atoms with Crippen molar-refractivity contribution in [1.82, 2.24) is 0 Å². The maximum absolute atomic E-state index is 13.8. The summed E-state index contributed by atoms with van der Waals surface area (Å²) in [6, 6.07) is 11.5. The van der Waals surface area contributed by atoms with E-state index < -0.39 is 6.10 Å². The molecule has 0 unspecified atom stereocenters. The molecule has 0 heterocycles.